The van der Waals surface area contributed by atoms with Gasteiger partial charge in [0.1, 0.15) is 24.1 Å². The number of amides is 2. The first-order valence-corrected chi connectivity index (χ1v) is 12.1. The molecule has 3 atom stereocenters. The van der Waals surface area contributed by atoms with Crippen molar-refractivity contribution in [1.29, 1.82) is 0 Å². The van der Waals surface area contributed by atoms with Crippen molar-refractivity contribution >= 4 is 23.1 Å². The Morgan fingerprint density at radius 3 is 2.50 bits per heavy atom. The molecular formula is C24H22F8N6O4. The number of halogens is 8. The number of aliphatic hydroxyl groups is 1. The Kier molecular flexibility index (Phi) is 8.21. The van der Waals surface area contributed by atoms with Crippen molar-refractivity contribution in [3.63, 3.8) is 0 Å². The van der Waals surface area contributed by atoms with Crippen molar-refractivity contribution in [2.75, 3.05) is 25.9 Å². The van der Waals surface area contributed by atoms with Gasteiger partial charge in [-0.1, -0.05) is 0 Å². The Hall–Kier alpha value is -4.22. The molecule has 0 spiro atoms. The van der Waals surface area contributed by atoms with Gasteiger partial charge in [0.05, 0.1) is 36.5 Å². The van der Waals surface area contributed by atoms with Gasteiger partial charge in [-0.15, -0.1) is 0 Å². The minimum absolute atomic E-state index is 0.269. The highest BCUT2D eigenvalue weighted by molar-refractivity contribution is 5.99. The van der Waals surface area contributed by atoms with Crippen LogP contribution in [0.25, 0.3) is 16.8 Å². The van der Waals surface area contributed by atoms with E-state index >= 15 is 4.39 Å². The summed E-state index contributed by atoms with van der Waals surface area (Å²) in [5.41, 5.74) is 2.64. The zero-order chi connectivity index (χ0) is 31.1. The third-order valence-corrected chi connectivity index (χ3v) is 6.54. The zero-order valence-electron chi connectivity index (χ0n) is 21.4. The van der Waals surface area contributed by atoms with Crippen LogP contribution in [0.5, 0.6) is 5.75 Å². The molecule has 3 heterocycles. The number of hydrogen-bond acceptors (Lipinski definition) is 7. The van der Waals surface area contributed by atoms with E-state index in [-0.39, 0.29) is 11.3 Å². The summed E-state index contributed by atoms with van der Waals surface area (Å²) in [5.74, 6) is -4.64. The van der Waals surface area contributed by atoms with Crippen LogP contribution in [0.3, 0.4) is 0 Å². The zero-order valence-corrected chi connectivity index (χ0v) is 21.4. The molecule has 10 nitrogen and oxygen atoms in total. The van der Waals surface area contributed by atoms with E-state index in [4.69, 9.17) is 10.5 Å². The lowest BCUT2D eigenvalue weighted by Gasteiger charge is -2.20. The van der Waals surface area contributed by atoms with E-state index in [9.17, 15) is 45.4 Å². The van der Waals surface area contributed by atoms with Crippen LogP contribution in [0.2, 0.25) is 0 Å². The van der Waals surface area contributed by atoms with Crippen LogP contribution in [0.1, 0.15) is 28.8 Å². The molecule has 228 valence electrons. The Balaban J connectivity index is 1.62. The number of aliphatic hydroxyl groups excluding tert-OH is 1. The number of hydrogen-bond donors (Lipinski definition) is 3. The number of rotatable bonds is 7. The van der Waals surface area contributed by atoms with Crippen LogP contribution in [0.15, 0.2) is 24.5 Å². The van der Waals surface area contributed by atoms with E-state index < -0.39 is 102 Å². The average molecular weight is 610 g/mol. The first-order chi connectivity index (χ1) is 19.5. The fourth-order valence-electron chi connectivity index (χ4n) is 4.57. The number of aromatic nitrogens is 3. The van der Waals surface area contributed by atoms with Crippen molar-refractivity contribution in [3.05, 3.63) is 41.5 Å². The maximum Gasteiger partial charge on any atom is 0.418 e. The third kappa shape index (κ3) is 6.17. The maximum atomic E-state index is 15.1. The summed E-state index contributed by atoms with van der Waals surface area (Å²) in [5, 5.41) is 15.8. The number of anilines is 1. The maximum absolute atomic E-state index is 15.1. The molecule has 2 aromatic heterocycles. The van der Waals surface area contributed by atoms with Gasteiger partial charge in [-0.2, -0.15) is 31.4 Å². The molecule has 1 aliphatic heterocycles. The topological polar surface area (TPSA) is 135 Å². The highest BCUT2D eigenvalue weighted by Gasteiger charge is 2.40. The fourth-order valence-corrected chi connectivity index (χ4v) is 4.57. The van der Waals surface area contributed by atoms with Gasteiger partial charge >= 0.3 is 12.4 Å². The largest absolute Gasteiger partial charge is 0.493 e. The first-order valence-electron chi connectivity index (χ1n) is 12.1. The minimum Gasteiger partial charge on any atom is -0.493 e. The van der Waals surface area contributed by atoms with Gasteiger partial charge in [0.25, 0.3) is 11.8 Å². The van der Waals surface area contributed by atoms with Crippen molar-refractivity contribution in [2.45, 2.75) is 43.5 Å². The number of alkyl halides is 7. The molecule has 1 aliphatic rings. The second kappa shape index (κ2) is 11.2. The summed E-state index contributed by atoms with van der Waals surface area (Å²) in [6.07, 6.45) is -15.0. The number of benzene rings is 1. The molecule has 42 heavy (non-hydrogen) atoms. The molecule has 0 saturated carbocycles. The van der Waals surface area contributed by atoms with Crippen molar-refractivity contribution < 1.29 is 54.6 Å². The lowest BCUT2D eigenvalue weighted by atomic mass is 10.0. The fraction of sp³-hybridized carbons (Fsp3) is 0.417. The van der Waals surface area contributed by atoms with E-state index in [1.807, 2.05) is 0 Å². The molecule has 4 N–H and O–H groups in total. The van der Waals surface area contributed by atoms with E-state index in [2.05, 4.69) is 15.4 Å². The van der Waals surface area contributed by atoms with Gasteiger partial charge in [0, 0.05) is 18.5 Å². The van der Waals surface area contributed by atoms with Gasteiger partial charge in [-0.25, -0.2) is 18.3 Å². The number of carbonyl (C=O) groups is 2. The number of methoxy groups -OCH3 is 1. The summed E-state index contributed by atoms with van der Waals surface area (Å²) in [4.78, 5) is 29.7. The normalized spacial score (nSPS) is 18.4. The standard InChI is InChI=1S/C24H22F8N6O4/c1-42-19-11(21(40)36-15-8-37(7-14(15)26)22(41)17(39)2-3-23(27,28)29)4-10(5-13(19)25)16-6-12(24(30,31)32)18-20(33)34-9-35-38(16)18/h4-6,9,14-15,17,39H,2-3,7-8H2,1H3,(H,36,40)(H2,33,34,35)/t14-,15+,17?/m0/s1. The molecule has 0 bridgehead atoms. The van der Waals surface area contributed by atoms with Crippen LogP contribution in [0.4, 0.5) is 40.9 Å². The number of ether oxygens (including phenoxy) is 1. The number of nitrogens with one attached hydrogen (secondary N) is 1. The van der Waals surface area contributed by atoms with Gasteiger partial charge in [-0.3, -0.25) is 9.59 Å². The Bertz CT molecular complexity index is 1510. The molecular weight excluding hydrogens is 588 g/mol. The van der Waals surface area contributed by atoms with E-state index in [1.165, 1.54) is 0 Å². The third-order valence-electron chi connectivity index (χ3n) is 6.54. The summed E-state index contributed by atoms with van der Waals surface area (Å²) in [7, 11) is 1.01. The number of fused-ring (bicyclic) bond motifs is 1. The molecule has 1 aromatic carbocycles. The molecule has 0 aliphatic carbocycles. The van der Waals surface area contributed by atoms with Crippen LogP contribution in [0, 0.1) is 5.82 Å². The summed E-state index contributed by atoms with van der Waals surface area (Å²) in [6.45, 7) is -1.19. The van der Waals surface area contributed by atoms with Gasteiger partial charge < -0.3 is 25.8 Å². The molecule has 2 amide bonds. The lowest BCUT2D eigenvalue weighted by molar-refractivity contribution is -0.150. The predicted octanol–water partition coefficient (Wildman–Crippen LogP) is 3.13. The second-order valence-electron chi connectivity index (χ2n) is 9.39. The highest BCUT2D eigenvalue weighted by atomic mass is 19.4. The number of nitrogens with two attached hydrogens (primary N) is 1. The monoisotopic (exact) mass is 610 g/mol. The lowest BCUT2D eigenvalue weighted by Crippen LogP contribution is -2.43. The highest BCUT2D eigenvalue weighted by Crippen LogP contribution is 2.40. The van der Waals surface area contributed by atoms with E-state index in [0.717, 1.165) is 35.0 Å². The number of carbonyl (C=O) groups excluding carboxylic acids is 2. The number of nitrogens with zero attached hydrogens (tertiary/aromatic N) is 4. The van der Waals surface area contributed by atoms with Crippen LogP contribution in [-0.4, -0.2) is 81.1 Å². The van der Waals surface area contributed by atoms with Crippen LogP contribution in [-0.2, 0) is 11.0 Å². The molecule has 1 saturated heterocycles. The van der Waals surface area contributed by atoms with Crippen molar-refractivity contribution in [1.82, 2.24) is 24.8 Å². The SMILES string of the molecule is COc1c(F)cc(-c2cc(C(F)(F)F)c3c(N)ncnn23)cc1C(=O)N[C@@H]1CN(C(=O)C(O)CCC(F)(F)F)C[C@@H]1F. The molecule has 1 fully saturated rings. The number of nitrogen functional groups attached to an aromatic ring is 1. The molecule has 4 rings (SSSR count). The van der Waals surface area contributed by atoms with Gasteiger partial charge in [-0.05, 0) is 24.6 Å². The number of likely N-dealkylation sites (tertiary alicyclic amines) is 1. The summed E-state index contributed by atoms with van der Waals surface area (Å²) >= 11 is 0. The Labute approximate surface area is 231 Å². The van der Waals surface area contributed by atoms with Crippen molar-refractivity contribution in [3.8, 4) is 17.0 Å². The van der Waals surface area contributed by atoms with Crippen LogP contribution >= 0.6 is 0 Å². The smallest absolute Gasteiger partial charge is 0.418 e. The van der Waals surface area contributed by atoms with Gasteiger partial charge in [0.2, 0.25) is 0 Å². The quantitative estimate of drug-likeness (QED) is 0.350. The van der Waals surface area contributed by atoms with E-state index in [1.54, 1.807) is 0 Å². The molecule has 3 aromatic rings. The summed E-state index contributed by atoms with van der Waals surface area (Å²) < 4.78 is 114. The molecule has 0 radical (unpaired) electrons. The van der Waals surface area contributed by atoms with E-state index in [0.29, 0.717) is 6.07 Å². The average Bonchev–Trinajstić information content (AvgIpc) is 3.47. The molecule has 1 unspecified atom stereocenters. The summed E-state index contributed by atoms with van der Waals surface area (Å²) in [6, 6.07) is 0.965. The van der Waals surface area contributed by atoms with Crippen LogP contribution < -0.4 is 15.8 Å². The van der Waals surface area contributed by atoms with Gasteiger partial charge in [0.15, 0.2) is 17.4 Å². The molecule has 18 heteroatoms. The van der Waals surface area contributed by atoms with Crippen molar-refractivity contribution in [2.24, 2.45) is 0 Å². The minimum atomic E-state index is -4.91. The Morgan fingerprint density at radius 2 is 1.88 bits per heavy atom. The second-order valence-corrected chi connectivity index (χ2v) is 9.39. The first kappa shape index (κ1) is 30.7. The Morgan fingerprint density at radius 1 is 1.19 bits per heavy atom. The predicted molar refractivity (Wildman–Crippen MR) is 128 cm³/mol.